The third-order valence-electron chi connectivity index (χ3n) is 5.26. The molecule has 5 nitrogen and oxygen atoms in total. The van der Waals surface area contributed by atoms with Gasteiger partial charge in [-0.2, -0.15) is 5.26 Å². The van der Waals surface area contributed by atoms with Crippen LogP contribution in [-0.4, -0.2) is 23.4 Å². The van der Waals surface area contributed by atoms with Gasteiger partial charge in [-0.3, -0.25) is 4.79 Å². The number of rotatable bonds is 6. The molecule has 0 N–H and O–H groups in total. The van der Waals surface area contributed by atoms with Gasteiger partial charge in [0.25, 0.3) is 0 Å². The van der Waals surface area contributed by atoms with Crippen LogP contribution in [0.4, 0.5) is 4.39 Å². The summed E-state index contributed by atoms with van der Waals surface area (Å²) >= 11 is 0. The second-order valence-corrected chi connectivity index (χ2v) is 8.09. The molecular formula is C25H25FN2O3. The van der Waals surface area contributed by atoms with Crippen molar-refractivity contribution in [3.63, 3.8) is 0 Å². The molecular weight excluding hydrogens is 395 g/mol. The fourth-order valence-electron chi connectivity index (χ4n) is 3.69. The van der Waals surface area contributed by atoms with E-state index in [9.17, 15) is 14.0 Å². The first-order chi connectivity index (χ1) is 14.8. The van der Waals surface area contributed by atoms with Crippen LogP contribution in [0.15, 0.2) is 59.8 Å². The summed E-state index contributed by atoms with van der Waals surface area (Å²) in [6.45, 7) is 6.14. The first-order valence-electron chi connectivity index (χ1n) is 10.2. The summed E-state index contributed by atoms with van der Waals surface area (Å²) < 4.78 is 18.9. The van der Waals surface area contributed by atoms with Gasteiger partial charge in [0.2, 0.25) is 5.91 Å². The molecule has 6 heteroatoms. The highest BCUT2D eigenvalue weighted by Gasteiger charge is 2.37. The van der Waals surface area contributed by atoms with E-state index in [-0.39, 0.29) is 37.2 Å². The minimum absolute atomic E-state index is 0.0764. The van der Waals surface area contributed by atoms with Gasteiger partial charge in [0, 0.05) is 18.0 Å². The highest BCUT2D eigenvalue weighted by Crippen LogP contribution is 2.37. The predicted octanol–water partition coefficient (Wildman–Crippen LogP) is 4.69. The zero-order valence-electron chi connectivity index (χ0n) is 17.9. The number of carbonyl (C=O) groups is 2. The van der Waals surface area contributed by atoms with E-state index in [0.29, 0.717) is 22.4 Å². The van der Waals surface area contributed by atoms with Crippen molar-refractivity contribution in [3.8, 4) is 6.07 Å². The molecule has 1 amide bonds. The van der Waals surface area contributed by atoms with E-state index in [1.54, 1.807) is 42.2 Å². The largest absolute Gasteiger partial charge is 0.462 e. The minimum Gasteiger partial charge on any atom is -0.462 e. The van der Waals surface area contributed by atoms with Crippen molar-refractivity contribution in [2.24, 2.45) is 5.92 Å². The molecule has 2 aromatic carbocycles. The molecule has 0 radical (unpaired) electrons. The Balaban J connectivity index is 2.00. The van der Waals surface area contributed by atoms with Crippen molar-refractivity contribution >= 4 is 11.9 Å². The fraction of sp³-hybridized carbons (Fsp3) is 0.320. The molecule has 1 aliphatic rings. The lowest BCUT2D eigenvalue weighted by atomic mass is 9.83. The highest BCUT2D eigenvalue weighted by molar-refractivity contribution is 5.95. The second kappa shape index (κ2) is 9.57. The standard InChI is InChI=1S/C25H25FN2O3/c1-16(2)15-31-25(30)24-17(3)28(14-19-6-4-5-18(11-19)13-27)23(29)12-22(24)20-7-9-21(26)10-8-20/h4-11,16,22H,12,14-15H2,1-3H3/t22-/m1/s1. The van der Waals surface area contributed by atoms with E-state index in [1.165, 1.54) is 12.1 Å². The number of nitriles is 1. The molecule has 0 saturated heterocycles. The summed E-state index contributed by atoms with van der Waals surface area (Å²) in [6.07, 6.45) is 0.0764. The molecule has 1 atom stereocenters. The Hall–Kier alpha value is -3.46. The first-order valence-corrected chi connectivity index (χ1v) is 10.2. The number of ether oxygens (including phenoxy) is 1. The molecule has 0 bridgehead atoms. The highest BCUT2D eigenvalue weighted by atomic mass is 19.1. The SMILES string of the molecule is CC1=C(C(=O)OCC(C)C)[C@@H](c2ccc(F)cc2)CC(=O)N1Cc1cccc(C#N)c1. The molecule has 2 aromatic rings. The summed E-state index contributed by atoms with van der Waals surface area (Å²) in [5.74, 6) is -1.33. The summed E-state index contributed by atoms with van der Waals surface area (Å²) in [6, 6.07) is 15.0. The average molecular weight is 420 g/mol. The van der Waals surface area contributed by atoms with Gasteiger partial charge in [-0.15, -0.1) is 0 Å². The summed E-state index contributed by atoms with van der Waals surface area (Å²) in [4.78, 5) is 27.6. The molecule has 0 saturated carbocycles. The Morgan fingerprint density at radius 3 is 2.61 bits per heavy atom. The van der Waals surface area contributed by atoms with Crippen LogP contribution in [0, 0.1) is 23.1 Å². The Morgan fingerprint density at radius 2 is 1.97 bits per heavy atom. The van der Waals surface area contributed by atoms with E-state index in [4.69, 9.17) is 10.00 Å². The number of hydrogen-bond acceptors (Lipinski definition) is 4. The maximum absolute atomic E-state index is 13.4. The number of allylic oxidation sites excluding steroid dienone is 1. The van der Waals surface area contributed by atoms with Gasteiger partial charge in [-0.05, 0) is 48.2 Å². The molecule has 0 unspecified atom stereocenters. The van der Waals surface area contributed by atoms with Crippen LogP contribution in [0.25, 0.3) is 0 Å². The fourth-order valence-corrected chi connectivity index (χ4v) is 3.69. The maximum atomic E-state index is 13.4. The Labute approximate surface area is 181 Å². The Morgan fingerprint density at radius 1 is 1.26 bits per heavy atom. The number of esters is 1. The maximum Gasteiger partial charge on any atom is 0.336 e. The molecule has 0 fully saturated rings. The van der Waals surface area contributed by atoms with Gasteiger partial charge in [0.1, 0.15) is 5.82 Å². The monoisotopic (exact) mass is 420 g/mol. The topological polar surface area (TPSA) is 70.4 Å². The van der Waals surface area contributed by atoms with Gasteiger partial charge < -0.3 is 9.64 Å². The quantitative estimate of drug-likeness (QED) is 0.636. The third kappa shape index (κ3) is 5.18. The predicted molar refractivity (Wildman–Crippen MR) is 114 cm³/mol. The molecule has 1 heterocycles. The van der Waals surface area contributed by atoms with Crippen LogP contribution in [-0.2, 0) is 20.9 Å². The van der Waals surface area contributed by atoms with E-state index >= 15 is 0 Å². The molecule has 31 heavy (non-hydrogen) atoms. The molecule has 3 rings (SSSR count). The van der Waals surface area contributed by atoms with Crippen molar-refractivity contribution in [3.05, 3.63) is 82.3 Å². The number of benzene rings is 2. The van der Waals surface area contributed by atoms with Crippen LogP contribution in [0.5, 0.6) is 0 Å². The van der Waals surface area contributed by atoms with Gasteiger partial charge in [-0.25, -0.2) is 9.18 Å². The normalized spacial score (nSPS) is 16.5. The number of hydrogen-bond donors (Lipinski definition) is 0. The summed E-state index contributed by atoms with van der Waals surface area (Å²) in [5, 5.41) is 9.14. The van der Waals surface area contributed by atoms with Crippen LogP contribution < -0.4 is 0 Å². The molecule has 1 aliphatic heterocycles. The van der Waals surface area contributed by atoms with Gasteiger partial charge >= 0.3 is 5.97 Å². The van der Waals surface area contributed by atoms with Crippen LogP contribution in [0.3, 0.4) is 0 Å². The van der Waals surface area contributed by atoms with Crippen LogP contribution >= 0.6 is 0 Å². The van der Waals surface area contributed by atoms with E-state index in [2.05, 4.69) is 6.07 Å². The van der Waals surface area contributed by atoms with Crippen molar-refractivity contribution < 1.29 is 18.7 Å². The summed E-state index contributed by atoms with van der Waals surface area (Å²) in [7, 11) is 0. The first kappa shape index (κ1) is 22.2. The van der Waals surface area contributed by atoms with Gasteiger partial charge in [-0.1, -0.05) is 38.1 Å². The van der Waals surface area contributed by atoms with Crippen molar-refractivity contribution in [1.82, 2.24) is 4.90 Å². The van der Waals surface area contributed by atoms with Crippen molar-refractivity contribution in [2.45, 2.75) is 39.7 Å². The van der Waals surface area contributed by atoms with Crippen LogP contribution in [0.2, 0.25) is 0 Å². The second-order valence-electron chi connectivity index (χ2n) is 8.09. The zero-order chi connectivity index (χ0) is 22.5. The molecule has 160 valence electrons. The van der Waals surface area contributed by atoms with Gasteiger partial charge in [0.05, 0.1) is 30.4 Å². The molecule has 0 spiro atoms. The molecule has 0 aromatic heterocycles. The van der Waals surface area contributed by atoms with Gasteiger partial charge in [0.15, 0.2) is 0 Å². The van der Waals surface area contributed by atoms with Crippen molar-refractivity contribution in [1.29, 1.82) is 5.26 Å². The van der Waals surface area contributed by atoms with E-state index in [0.717, 1.165) is 5.56 Å². The average Bonchev–Trinajstić information content (AvgIpc) is 2.75. The van der Waals surface area contributed by atoms with Crippen LogP contribution in [0.1, 0.15) is 49.8 Å². The smallest absolute Gasteiger partial charge is 0.336 e. The number of nitrogens with zero attached hydrogens (tertiary/aromatic N) is 2. The molecule has 0 aliphatic carbocycles. The number of carbonyl (C=O) groups excluding carboxylic acids is 2. The Kier molecular flexibility index (Phi) is 6.86. The zero-order valence-corrected chi connectivity index (χ0v) is 17.9. The minimum atomic E-state index is -0.505. The summed E-state index contributed by atoms with van der Waals surface area (Å²) in [5.41, 5.74) is 2.91. The Bertz CT molecular complexity index is 1050. The number of halogens is 1. The third-order valence-corrected chi connectivity index (χ3v) is 5.26. The number of amides is 1. The van der Waals surface area contributed by atoms with E-state index < -0.39 is 11.9 Å². The lowest BCUT2D eigenvalue weighted by molar-refractivity contribution is -0.141. The van der Waals surface area contributed by atoms with Crippen molar-refractivity contribution in [2.75, 3.05) is 6.61 Å². The lowest BCUT2D eigenvalue weighted by Gasteiger charge is -2.34. The lowest BCUT2D eigenvalue weighted by Crippen LogP contribution is -2.38. The van der Waals surface area contributed by atoms with E-state index in [1.807, 2.05) is 19.9 Å².